The van der Waals surface area contributed by atoms with Gasteiger partial charge in [0, 0.05) is 25.0 Å². The average molecular weight is 315 g/mol. The minimum atomic E-state index is 0.381. The fraction of sp³-hybridized carbons (Fsp3) is 0.118. The maximum atomic E-state index is 7.22. The summed E-state index contributed by atoms with van der Waals surface area (Å²) in [4.78, 5) is 12.2. The fourth-order valence-electron chi connectivity index (χ4n) is 2.62. The van der Waals surface area contributed by atoms with E-state index >= 15 is 0 Å². The summed E-state index contributed by atoms with van der Waals surface area (Å²) in [6.07, 6.45) is 3.42. The smallest absolute Gasteiger partial charge is 0.275 e. The van der Waals surface area contributed by atoms with E-state index in [0.29, 0.717) is 11.5 Å². The summed E-state index contributed by atoms with van der Waals surface area (Å²) in [6, 6.07) is 9.56. The van der Waals surface area contributed by atoms with Crippen LogP contribution in [-0.4, -0.2) is 29.4 Å². The molecule has 0 aliphatic carbocycles. The van der Waals surface area contributed by atoms with Crippen molar-refractivity contribution in [1.82, 2.24) is 29.4 Å². The van der Waals surface area contributed by atoms with E-state index in [9.17, 15) is 0 Å². The van der Waals surface area contributed by atoms with Crippen molar-refractivity contribution < 1.29 is 0 Å². The van der Waals surface area contributed by atoms with Crippen LogP contribution in [0.4, 0.5) is 5.82 Å². The van der Waals surface area contributed by atoms with Crippen molar-refractivity contribution >= 4 is 11.5 Å². The number of hydrogen-bond donors (Lipinski definition) is 0. The highest BCUT2D eigenvalue weighted by atomic mass is 15.3. The monoisotopic (exact) mass is 315 g/mol. The Morgan fingerprint density at radius 3 is 2.75 bits per heavy atom. The number of aromatic nitrogens is 6. The van der Waals surface area contributed by atoms with E-state index in [1.54, 1.807) is 9.20 Å². The molecule has 0 saturated carbocycles. The second kappa shape index (κ2) is 5.28. The molecule has 0 spiro atoms. The molecule has 0 aliphatic heterocycles. The van der Waals surface area contributed by atoms with E-state index in [-0.39, 0.29) is 0 Å². The number of rotatable bonds is 2. The molecule has 4 heterocycles. The zero-order valence-corrected chi connectivity index (χ0v) is 13.2. The van der Waals surface area contributed by atoms with Crippen LogP contribution in [0.2, 0.25) is 0 Å². The minimum Gasteiger partial charge on any atom is -0.360 e. The molecule has 7 heteroatoms. The molecule has 0 atom stereocenters. The summed E-state index contributed by atoms with van der Waals surface area (Å²) in [5, 5.41) is 9.09. The lowest BCUT2D eigenvalue weighted by Crippen LogP contribution is -1.95. The molecule has 0 saturated heterocycles. The summed E-state index contributed by atoms with van der Waals surface area (Å²) in [5.74, 6) is 0.381. The van der Waals surface area contributed by atoms with E-state index < -0.39 is 0 Å². The molecule has 4 rings (SSSR count). The van der Waals surface area contributed by atoms with E-state index in [0.717, 1.165) is 28.3 Å². The van der Waals surface area contributed by atoms with Crippen LogP contribution in [0.25, 0.3) is 33.1 Å². The zero-order chi connectivity index (χ0) is 16.7. The van der Waals surface area contributed by atoms with Gasteiger partial charge in [0.15, 0.2) is 0 Å². The van der Waals surface area contributed by atoms with Crippen LogP contribution >= 0.6 is 0 Å². The Morgan fingerprint density at radius 1 is 1.08 bits per heavy atom. The second-order valence-electron chi connectivity index (χ2n) is 5.45. The van der Waals surface area contributed by atoms with Gasteiger partial charge in [-0.3, -0.25) is 9.67 Å². The molecule has 24 heavy (non-hydrogen) atoms. The van der Waals surface area contributed by atoms with E-state index in [1.165, 1.54) is 6.20 Å². The van der Waals surface area contributed by atoms with Crippen LogP contribution in [0.5, 0.6) is 0 Å². The van der Waals surface area contributed by atoms with Crippen LogP contribution in [0.1, 0.15) is 5.69 Å². The lowest BCUT2D eigenvalue weighted by molar-refractivity contribution is 0.770. The Morgan fingerprint density at radius 2 is 1.96 bits per heavy atom. The molecule has 4 aromatic heterocycles. The second-order valence-corrected chi connectivity index (χ2v) is 5.45. The standard InChI is InChI=1S/C17H13N7/c1-11-5-4-6-14(20-11)17-12(10-23(3)22-17)13-7-8-15-19-9-16(18-2)24(15)21-13/h4-10H,1,3H3. The highest BCUT2D eigenvalue weighted by Gasteiger charge is 2.17. The van der Waals surface area contributed by atoms with Gasteiger partial charge in [-0.2, -0.15) is 5.10 Å². The van der Waals surface area contributed by atoms with Crippen molar-refractivity contribution in [3.05, 3.63) is 59.8 Å². The topological polar surface area (TPSA) is 65.3 Å². The Kier molecular flexibility index (Phi) is 3.10. The van der Waals surface area contributed by atoms with E-state index in [4.69, 9.17) is 6.57 Å². The number of pyridine rings is 1. The lowest BCUT2D eigenvalue weighted by atomic mass is 10.1. The third kappa shape index (κ3) is 2.21. The summed E-state index contributed by atoms with van der Waals surface area (Å²) < 4.78 is 3.28. The van der Waals surface area contributed by atoms with Gasteiger partial charge in [0.05, 0.1) is 17.5 Å². The van der Waals surface area contributed by atoms with Gasteiger partial charge in [-0.05, 0) is 25.1 Å². The Balaban J connectivity index is 1.93. The average Bonchev–Trinajstić information content (AvgIpc) is 3.17. The molecule has 0 aliphatic rings. The predicted octanol–water partition coefficient (Wildman–Crippen LogP) is 3.05. The first-order valence-electron chi connectivity index (χ1n) is 7.36. The van der Waals surface area contributed by atoms with Crippen molar-refractivity contribution in [3.63, 3.8) is 0 Å². The minimum absolute atomic E-state index is 0.381. The molecule has 0 amide bonds. The van der Waals surface area contributed by atoms with Gasteiger partial charge in [-0.25, -0.2) is 4.98 Å². The maximum absolute atomic E-state index is 7.22. The molecular weight excluding hydrogens is 302 g/mol. The number of fused-ring (bicyclic) bond motifs is 1. The highest BCUT2D eigenvalue weighted by molar-refractivity contribution is 5.77. The third-order valence-corrected chi connectivity index (χ3v) is 3.69. The van der Waals surface area contributed by atoms with Gasteiger partial charge in [-0.1, -0.05) is 17.7 Å². The molecule has 0 bridgehead atoms. The van der Waals surface area contributed by atoms with Gasteiger partial charge in [0.2, 0.25) is 5.65 Å². The molecule has 7 nitrogen and oxygen atoms in total. The van der Waals surface area contributed by atoms with Crippen LogP contribution in [0.3, 0.4) is 0 Å². The number of nitrogens with zero attached hydrogens (tertiary/aromatic N) is 7. The summed E-state index contributed by atoms with van der Waals surface area (Å²) in [7, 11) is 1.86. The quantitative estimate of drug-likeness (QED) is 0.533. The molecular formula is C17H13N7. The van der Waals surface area contributed by atoms with Crippen molar-refractivity contribution in [2.24, 2.45) is 7.05 Å². The summed E-state index contributed by atoms with van der Waals surface area (Å²) in [6.45, 7) is 9.17. The van der Waals surface area contributed by atoms with Crippen LogP contribution in [0.15, 0.2) is 42.7 Å². The van der Waals surface area contributed by atoms with Crippen LogP contribution < -0.4 is 0 Å². The first-order valence-corrected chi connectivity index (χ1v) is 7.36. The molecule has 0 N–H and O–H groups in total. The number of imidazole rings is 1. The lowest BCUT2D eigenvalue weighted by Gasteiger charge is -2.02. The van der Waals surface area contributed by atoms with Gasteiger partial charge >= 0.3 is 0 Å². The van der Waals surface area contributed by atoms with Crippen LogP contribution in [-0.2, 0) is 7.05 Å². The number of hydrogen-bond acceptors (Lipinski definition) is 4. The summed E-state index contributed by atoms with van der Waals surface area (Å²) in [5.41, 5.74) is 4.71. The molecule has 0 fully saturated rings. The van der Waals surface area contributed by atoms with Gasteiger partial charge in [-0.15, -0.1) is 4.52 Å². The fourth-order valence-corrected chi connectivity index (χ4v) is 2.62. The molecule has 0 aromatic carbocycles. The van der Waals surface area contributed by atoms with Crippen LogP contribution in [0, 0.1) is 13.5 Å². The number of aryl methyl sites for hydroxylation is 2. The largest absolute Gasteiger partial charge is 0.360 e. The molecule has 116 valence electrons. The van der Waals surface area contributed by atoms with Crippen molar-refractivity contribution in [1.29, 1.82) is 0 Å². The predicted molar refractivity (Wildman–Crippen MR) is 89.4 cm³/mol. The summed E-state index contributed by atoms with van der Waals surface area (Å²) >= 11 is 0. The highest BCUT2D eigenvalue weighted by Crippen LogP contribution is 2.29. The van der Waals surface area contributed by atoms with Gasteiger partial charge in [0.25, 0.3) is 5.82 Å². The van der Waals surface area contributed by atoms with Gasteiger partial charge < -0.3 is 4.85 Å². The first-order chi connectivity index (χ1) is 11.7. The normalized spacial score (nSPS) is 10.9. The molecule has 0 radical (unpaired) electrons. The molecule has 4 aromatic rings. The van der Waals surface area contributed by atoms with Crippen molar-refractivity contribution in [3.8, 4) is 22.6 Å². The van der Waals surface area contributed by atoms with E-state index in [2.05, 4.69) is 25.0 Å². The Bertz CT molecular complexity index is 1100. The van der Waals surface area contributed by atoms with Gasteiger partial charge in [0.1, 0.15) is 11.4 Å². The molecule has 0 unspecified atom stereocenters. The van der Waals surface area contributed by atoms with Crippen molar-refractivity contribution in [2.45, 2.75) is 6.92 Å². The Labute approximate surface area is 138 Å². The maximum Gasteiger partial charge on any atom is 0.275 e. The zero-order valence-electron chi connectivity index (χ0n) is 13.2. The third-order valence-electron chi connectivity index (χ3n) is 3.69. The SMILES string of the molecule is [C-]#[N+]c1cnc2ccc(-c3cn(C)nc3-c3cccc(C)n3)nn12. The Hall–Kier alpha value is -3.53. The van der Waals surface area contributed by atoms with E-state index in [1.807, 2.05) is 50.5 Å². The van der Waals surface area contributed by atoms with Crippen molar-refractivity contribution in [2.75, 3.05) is 0 Å². The first kappa shape index (κ1) is 14.1.